The molecule has 0 heterocycles. The van der Waals surface area contributed by atoms with Crippen LogP contribution in [0.4, 0.5) is 0 Å². The average molecular weight is 207 g/mol. The van der Waals surface area contributed by atoms with E-state index in [4.69, 9.17) is 5.26 Å². The molecule has 0 radical (unpaired) electrons. The minimum atomic E-state index is -0.434. The molecule has 1 rings (SSSR count). The summed E-state index contributed by atoms with van der Waals surface area (Å²) in [5.74, 6) is -0.120. The van der Waals surface area contributed by atoms with E-state index in [0.29, 0.717) is 0 Å². The molecule has 0 amide bonds. The van der Waals surface area contributed by atoms with Gasteiger partial charge in [0.2, 0.25) is 0 Å². The Morgan fingerprint density at radius 1 is 1.20 bits per heavy atom. The molecule has 0 bridgehead atoms. The van der Waals surface area contributed by atoms with Gasteiger partial charge in [0.1, 0.15) is 5.92 Å². The molecule has 0 saturated heterocycles. The summed E-state index contributed by atoms with van der Waals surface area (Å²) in [6.45, 7) is 12.3. The van der Waals surface area contributed by atoms with Gasteiger partial charge in [-0.2, -0.15) is 5.26 Å². The highest BCUT2D eigenvalue weighted by molar-refractivity contribution is 5.90. The van der Waals surface area contributed by atoms with Gasteiger partial charge in [0, 0.05) is 5.92 Å². The average Bonchev–Trinajstić information content (AvgIpc) is 2.42. The van der Waals surface area contributed by atoms with Gasteiger partial charge < -0.3 is 0 Å². The predicted molar refractivity (Wildman–Crippen MR) is 60.0 cm³/mol. The van der Waals surface area contributed by atoms with Gasteiger partial charge in [0.25, 0.3) is 0 Å². The van der Waals surface area contributed by atoms with Gasteiger partial charge >= 0.3 is 0 Å². The quantitative estimate of drug-likeness (QED) is 0.713. The minimum absolute atomic E-state index is 0.0497. The molecule has 2 nitrogen and oxygen atoms in total. The van der Waals surface area contributed by atoms with Gasteiger partial charge in [-0.25, -0.2) is 0 Å². The second kappa shape index (κ2) is 3.33. The van der Waals surface area contributed by atoms with Crippen LogP contribution >= 0.6 is 0 Å². The van der Waals surface area contributed by atoms with Crippen molar-refractivity contribution in [2.24, 2.45) is 28.6 Å². The molecule has 1 aliphatic carbocycles. The van der Waals surface area contributed by atoms with E-state index in [0.717, 1.165) is 0 Å². The maximum Gasteiger partial charge on any atom is 0.154 e. The lowest BCUT2D eigenvalue weighted by molar-refractivity contribution is -0.124. The fraction of sp³-hybridized carbons (Fsp3) is 0.846. The van der Waals surface area contributed by atoms with Crippen molar-refractivity contribution in [3.05, 3.63) is 0 Å². The topological polar surface area (TPSA) is 40.9 Å². The van der Waals surface area contributed by atoms with Crippen LogP contribution in [0.2, 0.25) is 0 Å². The Labute approximate surface area is 92.7 Å². The van der Waals surface area contributed by atoms with Crippen LogP contribution < -0.4 is 0 Å². The number of Topliss-reactive ketones (excluding diaryl/α,β-unsaturated/α-hetero) is 1. The molecule has 1 atom stereocenters. The Morgan fingerprint density at radius 2 is 1.60 bits per heavy atom. The number of rotatable bonds is 3. The Balaban J connectivity index is 2.86. The molecule has 1 fully saturated rings. The van der Waals surface area contributed by atoms with E-state index in [9.17, 15) is 4.79 Å². The third-order valence-corrected chi connectivity index (χ3v) is 4.42. The Bertz CT molecular complexity index is 306. The Morgan fingerprint density at radius 3 is 1.80 bits per heavy atom. The van der Waals surface area contributed by atoms with Gasteiger partial charge in [0.05, 0.1) is 6.07 Å². The normalized spacial score (nSPS) is 24.7. The van der Waals surface area contributed by atoms with E-state index >= 15 is 0 Å². The van der Waals surface area contributed by atoms with E-state index in [1.165, 1.54) is 0 Å². The number of carbonyl (C=O) groups is 1. The monoisotopic (exact) mass is 207 g/mol. The number of carbonyl (C=O) groups excluding carboxylic acids is 1. The van der Waals surface area contributed by atoms with E-state index in [1.54, 1.807) is 0 Å². The second-order valence-corrected chi connectivity index (χ2v) is 6.13. The van der Waals surface area contributed by atoms with Crippen LogP contribution in [0.1, 0.15) is 41.5 Å². The fourth-order valence-electron chi connectivity index (χ4n) is 2.63. The largest absolute Gasteiger partial charge is 0.298 e. The molecule has 1 aliphatic rings. The maximum absolute atomic E-state index is 12.2. The minimum Gasteiger partial charge on any atom is -0.298 e. The van der Waals surface area contributed by atoms with Crippen molar-refractivity contribution in [1.82, 2.24) is 0 Å². The highest BCUT2D eigenvalue weighted by Gasteiger charge is 2.68. The highest BCUT2D eigenvalue weighted by atomic mass is 16.1. The number of nitrogens with zero attached hydrogens (tertiary/aromatic N) is 1. The van der Waals surface area contributed by atoms with Crippen LogP contribution in [0.3, 0.4) is 0 Å². The molecule has 0 aliphatic heterocycles. The van der Waals surface area contributed by atoms with Crippen LogP contribution in [-0.4, -0.2) is 5.78 Å². The first kappa shape index (κ1) is 12.2. The maximum atomic E-state index is 12.2. The van der Waals surface area contributed by atoms with Gasteiger partial charge in [-0.3, -0.25) is 4.79 Å². The predicted octanol–water partition coefficient (Wildman–Crippen LogP) is 3.03. The van der Waals surface area contributed by atoms with Crippen LogP contribution in [-0.2, 0) is 4.79 Å². The molecule has 1 saturated carbocycles. The van der Waals surface area contributed by atoms with Crippen LogP contribution in [0.15, 0.2) is 0 Å². The van der Waals surface area contributed by atoms with Crippen LogP contribution in [0.5, 0.6) is 0 Å². The molecule has 0 aromatic carbocycles. The zero-order chi connectivity index (χ0) is 12.0. The smallest absolute Gasteiger partial charge is 0.154 e. The van der Waals surface area contributed by atoms with E-state index < -0.39 is 5.92 Å². The lowest BCUT2D eigenvalue weighted by Crippen LogP contribution is -2.22. The van der Waals surface area contributed by atoms with Crippen LogP contribution in [0, 0.1) is 39.9 Å². The summed E-state index contributed by atoms with van der Waals surface area (Å²) in [6, 6.07) is 2.15. The molecule has 84 valence electrons. The van der Waals surface area contributed by atoms with Crippen molar-refractivity contribution in [2.45, 2.75) is 41.5 Å². The molecule has 0 aromatic rings. The third kappa shape index (κ3) is 1.58. The summed E-state index contributed by atoms with van der Waals surface area (Å²) < 4.78 is 0. The standard InChI is InChI=1S/C13H21NO/c1-8(2)9(7-14)10(15)11-12(3,4)13(11,5)6/h8-9,11H,1-6H3. The molecule has 0 spiro atoms. The summed E-state index contributed by atoms with van der Waals surface area (Å²) in [5, 5.41) is 9.01. The Hall–Kier alpha value is -0.840. The fourth-order valence-corrected chi connectivity index (χ4v) is 2.63. The molecular formula is C13H21NO. The SMILES string of the molecule is CC(C)C(C#N)C(=O)C1C(C)(C)C1(C)C. The molecule has 2 heteroatoms. The zero-order valence-corrected chi connectivity index (χ0v) is 10.6. The first-order chi connectivity index (χ1) is 6.67. The van der Waals surface area contributed by atoms with E-state index in [2.05, 4.69) is 33.8 Å². The van der Waals surface area contributed by atoms with Gasteiger partial charge in [-0.05, 0) is 16.7 Å². The molecular weight excluding hydrogens is 186 g/mol. The molecule has 1 unspecified atom stereocenters. The number of ketones is 1. The van der Waals surface area contributed by atoms with Gasteiger partial charge in [-0.1, -0.05) is 41.5 Å². The summed E-state index contributed by atoms with van der Waals surface area (Å²) in [4.78, 5) is 12.2. The summed E-state index contributed by atoms with van der Waals surface area (Å²) >= 11 is 0. The van der Waals surface area contributed by atoms with Gasteiger partial charge in [0.15, 0.2) is 5.78 Å². The first-order valence-corrected chi connectivity index (χ1v) is 5.61. The highest BCUT2D eigenvalue weighted by Crippen LogP contribution is 2.69. The lowest BCUT2D eigenvalue weighted by Gasteiger charge is -2.12. The van der Waals surface area contributed by atoms with Gasteiger partial charge in [-0.15, -0.1) is 0 Å². The van der Waals surface area contributed by atoms with Crippen LogP contribution in [0.25, 0.3) is 0 Å². The number of hydrogen-bond donors (Lipinski definition) is 0. The molecule has 15 heavy (non-hydrogen) atoms. The van der Waals surface area contributed by atoms with E-state index in [-0.39, 0.29) is 28.4 Å². The van der Waals surface area contributed by atoms with Crippen molar-refractivity contribution in [1.29, 1.82) is 5.26 Å². The van der Waals surface area contributed by atoms with Crippen molar-refractivity contribution in [3.8, 4) is 6.07 Å². The van der Waals surface area contributed by atoms with E-state index in [1.807, 2.05) is 13.8 Å². The number of hydrogen-bond acceptors (Lipinski definition) is 2. The summed E-state index contributed by atoms with van der Waals surface area (Å²) in [7, 11) is 0. The zero-order valence-electron chi connectivity index (χ0n) is 10.6. The lowest BCUT2D eigenvalue weighted by atomic mass is 9.88. The van der Waals surface area contributed by atoms with Crippen molar-refractivity contribution < 1.29 is 4.79 Å². The second-order valence-electron chi connectivity index (χ2n) is 6.13. The summed E-state index contributed by atoms with van der Waals surface area (Å²) in [5.41, 5.74) is 0.0994. The third-order valence-electron chi connectivity index (χ3n) is 4.42. The summed E-state index contributed by atoms with van der Waals surface area (Å²) in [6.07, 6.45) is 0. The Kier molecular flexibility index (Phi) is 2.72. The van der Waals surface area contributed by atoms with Crippen molar-refractivity contribution in [2.75, 3.05) is 0 Å². The van der Waals surface area contributed by atoms with Crippen molar-refractivity contribution >= 4 is 5.78 Å². The molecule has 0 N–H and O–H groups in total. The molecule has 0 aromatic heterocycles. The number of nitriles is 1. The van der Waals surface area contributed by atoms with Crippen molar-refractivity contribution in [3.63, 3.8) is 0 Å². The first-order valence-electron chi connectivity index (χ1n) is 5.61.